The van der Waals surface area contributed by atoms with Gasteiger partial charge in [-0.05, 0) is 18.2 Å². The van der Waals surface area contributed by atoms with Crippen molar-refractivity contribution < 1.29 is 4.79 Å². The van der Waals surface area contributed by atoms with Gasteiger partial charge in [0.05, 0.1) is 18.6 Å². The molecule has 1 aromatic carbocycles. The molecule has 1 amide bonds. The van der Waals surface area contributed by atoms with Crippen molar-refractivity contribution in [2.45, 2.75) is 6.54 Å². The summed E-state index contributed by atoms with van der Waals surface area (Å²) in [5, 5.41) is 2.73. The van der Waals surface area contributed by atoms with E-state index in [0.717, 1.165) is 5.69 Å². The zero-order valence-electron chi connectivity index (χ0n) is 9.10. The fraction of sp³-hybridized carbons (Fsp3) is 0.0909. The van der Waals surface area contributed by atoms with Crippen molar-refractivity contribution >= 4 is 17.3 Å². The maximum absolute atomic E-state index is 11.8. The summed E-state index contributed by atoms with van der Waals surface area (Å²) in [5.41, 5.74) is 13.4. The van der Waals surface area contributed by atoms with E-state index in [0.29, 0.717) is 23.5 Å². The van der Waals surface area contributed by atoms with E-state index < -0.39 is 0 Å². The molecule has 2 rings (SSSR count). The van der Waals surface area contributed by atoms with Gasteiger partial charge in [0.1, 0.15) is 0 Å². The molecule has 0 radical (unpaired) electrons. The molecular formula is C11H13N5O. The van der Waals surface area contributed by atoms with Gasteiger partial charge in [-0.15, -0.1) is 0 Å². The van der Waals surface area contributed by atoms with Crippen molar-refractivity contribution in [3.05, 3.63) is 42.0 Å². The number of anilines is 2. The van der Waals surface area contributed by atoms with Crippen LogP contribution in [0.15, 0.2) is 30.7 Å². The molecule has 6 nitrogen and oxygen atoms in total. The molecule has 6 heteroatoms. The Morgan fingerprint density at radius 1 is 1.29 bits per heavy atom. The second-order valence-electron chi connectivity index (χ2n) is 3.65. The van der Waals surface area contributed by atoms with Gasteiger partial charge < -0.3 is 21.8 Å². The van der Waals surface area contributed by atoms with Crippen molar-refractivity contribution in [2.75, 3.05) is 11.5 Å². The van der Waals surface area contributed by atoms with Crippen LogP contribution in [0.5, 0.6) is 0 Å². The summed E-state index contributed by atoms with van der Waals surface area (Å²) in [5.74, 6) is -0.224. The first-order chi connectivity index (χ1) is 8.15. The molecule has 0 aliphatic carbocycles. The molecule has 88 valence electrons. The highest BCUT2D eigenvalue weighted by molar-refractivity contribution is 5.96. The molecule has 0 spiro atoms. The number of H-pyrrole nitrogens is 1. The third-order valence-electron chi connectivity index (χ3n) is 2.23. The van der Waals surface area contributed by atoms with E-state index in [1.54, 1.807) is 30.7 Å². The van der Waals surface area contributed by atoms with Crippen LogP contribution >= 0.6 is 0 Å². The molecule has 1 aromatic heterocycles. The fourth-order valence-corrected chi connectivity index (χ4v) is 1.47. The molecule has 1 heterocycles. The Morgan fingerprint density at radius 2 is 2.00 bits per heavy atom. The first kappa shape index (κ1) is 11.0. The van der Waals surface area contributed by atoms with E-state index in [-0.39, 0.29) is 5.91 Å². The first-order valence-corrected chi connectivity index (χ1v) is 5.06. The molecule has 17 heavy (non-hydrogen) atoms. The zero-order valence-corrected chi connectivity index (χ0v) is 9.10. The second kappa shape index (κ2) is 4.56. The maximum Gasteiger partial charge on any atom is 0.251 e. The number of nitrogens with two attached hydrogens (primary N) is 2. The average Bonchev–Trinajstić information content (AvgIpc) is 2.77. The van der Waals surface area contributed by atoms with Gasteiger partial charge in [0.2, 0.25) is 0 Å². The number of nitrogens with zero attached hydrogens (tertiary/aromatic N) is 1. The number of hydrogen-bond donors (Lipinski definition) is 4. The summed E-state index contributed by atoms with van der Waals surface area (Å²) in [6, 6.07) is 4.77. The first-order valence-electron chi connectivity index (χ1n) is 5.06. The molecule has 0 unspecified atom stereocenters. The lowest BCUT2D eigenvalue weighted by Gasteiger charge is -2.05. The van der Waals surface area contributed by atoms with Gasteiger partial charge in [0.15, 0.2) is 0 Å². The topological polar surface area (TPSA) is 110 Å². The lowest BCUT2D eigenvalue weighted by molar-refractivity contribution is 0.0950. The highest BCUT2D eigenvalue weighted by Gasteiger charge is 2.07. The lowest BCUT2D eigenvalue weighted by Crippen LogP contribution is -2.23. The quantitative estimate of drug-likeness (QED) is 0.576. The minimum atomic E-state index is -0.224. The van der Waals surface area contributed by atoms with Crippen molar-refractivity contribution in [1.82, 2.24) is 15.3 Å². The van der Waals surface area contributed by atoms with Crippen molar-refractivity contribution in [2.24, 2.45) is 0 Å². The number of aromatic amines is 1. The van der Waals surface area contributed by atoms with Gasteiger partial charge in [-0.2, -0.15) is 0 Å². The fourth-order valence-electron chi connectivity index (χ4n) is 1.47. The highest BCUT2D eigenvalue weighted by Crippen LogP contribution is 2.13. The van der Waals surface area contributed by atoms with Gasteiger partial charge in [-0.3, -0.25) is 4.79 Å². The van der Waals surface area contributed by atoms with Crippen LogP contribution in [0.2, 0.25) is 0 Å². The monoisotopic (exact) mass is 231 g/mol. The van der Waals surface area contributed by atoms with Crippen LogP contribution in [-0.4, -0.2) is 15.9 Å². The van der Waals surface area contributed by atoms with Crippen molar-refractivity contribution in [3.8, 4) is 0 Å². The third kappa shape index (κ3) is 2.75. The summed E-state index contributed by atoms with van der Waals surface area (Å²) < 4.78 is 0. The molecule has 2 aromatic rings. The summed E-state index contributed by atoms with van der Waals surface area (Å²) in [6.45, 7) is 0.382. The van der Waals surface area contributed by atoms with E-state index >= 15 is 0 Å². The molecule has 0 saturated heterocycles. The van der Waals surface area contributed by atoms with Gasteiger partial charge in [0, 0.05) is 23.1 Å². The van der Waals surface area contributed by atoms with Gasteiger partial charge in [0.25, 0.3) is 5.91 Å². The minimum absolute atomic E-state index is 0.224. The molecule has 0 saturated carbocycles. The SMILES string of the molecule is Nc1cc(N)cc(C(=O)NCc2cnc[nH]2)c1. The predicted molar refractivity (Wildman–Crippen MR) is 65.0 cm³/mol. The van der Waals surface area contributed by atoms with Gasteiger partial charge in [-0.1, -0.05) is 0 Å². The van der Waals surface area contributed by atoms with Crippen molar-refractivity contribution in [1.29, 1.82) is 0 Å². The van der Waals surface area contributed by atoms with Crippen LogP contribution in [0, 0.1) is 0 Å². The average molecular weight is 231 g/mol. The van der Waals surface area contributed by atoms with E-state index in [2.05, 4.69) is 15.3 Å². The Bertz CT molecular complexity index is 500. The van der Waals surface area contributed by atoms with Crippen LogP contribution in [0.3, 0.4) is 0 Å². The largest absolute Gasteiger partial charge is 0.399 e. The summed E-state index contributed by atoms with van der Waals surface area (Å²) in [4.78, 5) is 18.5. The van der Waals surface area contributed by atoms with E-state index in [4.69, 9.17) is 11.5 Å². The Morgan fingerprint density at radius 3 is 2.59 bits per heavy atom. The zero-order chi connectivity index (χ0) is 12.3. The van der Waals surface area contributed by atoms with Crippen LogP contribution in [0.1, 0.15) is 16.1 Å². The van der Waals surface area contributed by atoms with Crippen LogP contribution < -0.4 is 16.8 Å². The smallest absolute Gasteiger partial charge is 0.251 e. The number of hydrogen-bond acceptors (Lipinski definition) is 4. The number of imidazole rings is 1. The maximum atomic E-state index is 11.8. The number of carbonyl (C=O) groups excluding carboxylic acids is 1. The number of amides is 1. The van der Waals surface area contributed by atoms with Crippen LogP contribution in [-0.2, 0) is 6.54 Å². The predicted octanol–water partition coefficient (Wildman–Crippen LogP) is 0.504. The normalized spacial score (nSPS) is 10.1. The Balaban J connectivity index is 2.04. The summed E-state index contributed by atoms with van der Waals surface area (Å²) in [6.07, 6.45) is 3.20. The Labute approximate surface area is 98.0 Å². The molecule has 0 aliphatic heterocycles. The molecule has 0 bridgehead atoms. The Hall–Kier alpha value is -2.50. The van der Waals surface area contributed by atoms with Crippen LogP contribution in [0.25, 0.3) is 0 Å². The molecule has 0 fully saturated rings. The van der Waals surface area contributed by atoms with E-state index in [1.165, 1.54) is 0 Å². The molecule has 0 aliphatic rings. The van der Waals surface area contributed by atoms with E-state index in [1.807, 2.05) is 0 Å². The third-order valence-corrected chi connectivity index (χ3v) is 2.23. The molecule has 0 atom stereocenters. The summed E-state index contributed by atoms with van der Waals surface area (Å²) >= 11 is 0. The number of rotatable bonds is 3. The molecular weight excluding hydrogens is 218 g/mol. The standard InChI is InChI=1S/C11H13N5O/c12-8-1-7(2-9(13)3-8)11(17)15-5-10-4-14-6-16-10/h1-4,6H,5,12-13H2,(H,14,16)(H,15,17). The van der Waals surface area contributed by atoms with Crippen LogP contribution in [0.4, 0.5) is 11.4 Å². The van der Waals surface area contributed by atoms with Crippen molar-refractivity contribution in [3.63, 3.8) is 0 Å². The number of nitrogen functional groups attached to an aromatic ring is 2. The van der Waals surface area contributed by atoms with E-state index in [9.17, 15) is 4.79 Å². The number of carbonyl (C=O) groups is 1. The number of benzene rings is 1. The summed E-state index contributed by atoms with van der Waals surface area (Å²) in [7, 11) is 0. The lowest BCUT2D eigenvalue weighted by atomic mass is 10.1. The second-order valence-corrected chi connectivity index (χ2v) is 3.65. The van der Waals surface area contributed by atoms with Gasteiger partial charge in [-0.25, -0.2) is 4.98 Å². The Kier molecular flexibility index (Phi) is 2.95. The number of aromatic nitrogens is 2. The molecule has 6 N–H and O–H groups in total. The minimum Gasteiger partial charge on any atom is -0.399 e. The number of nitrogens with one attached hydrogen (secondary N) is 2. The van der Waals surface area contributed by atoms with Gasteiger partial charge >= 0.3 is 0 Å². The highest BCUT2D eigenvalue weighted by atomic mass is 16.1.